The van der Waals surface area contributed by atoms with Gasteiger partial charge in [-0.05, 0) is 49.3 Å². The van der Waals surface area contributed by atoms with Crippen LogP contribution in [0.25, 0.3) is 10.9 Å². The number of ether oxygens (including phenoxy) is 2. The average molecular weight is 408 g/mol. The summed E-state index contributed by atoms with van der Waals surface area (Å²) in [5, 5.41) is 8.93. The number of hydrogen-bond donors (Lipinski definition) is 1. The molecule has 4 rings (SSSR count). The van der Waals surface area contributed by atoms with Gasteiger partial charge in [-0.3, -0.25) is 4.68 Å². The number of carbonyl (C=O) groups excluding carboxylic acids is 1. The van der Waals surface area contributed by atoms with Crippen LogP contribution in [0.3, 0.4) is 0 Å². The monoisotopic (exact) mass is 407 g/mol. The molecule has 1 amide bonds. The smallest absolute Gasteiger partial charge is 0.407 e. The minimum atomic E-state index is -0.338. The number of nitrogens with zero attached hydrogens (tertiary/aromatic N) is 2. The normalized spacial score (nSPS) is 13.5. The van der Waals surface area contributed by atoms with Crippen LogP contribution in [-0.2, 0) is 35.4 Å². The molecule has 2 aromatic carbocycles. The van der Waals surface area contributed by atoms with E-state index in [9.17, 15) is 4.79 Å². The highest BCUT2D eigenvalue weighted by Gasteiger charge is 2.25. The quantitative estimate of drug-likeness (QED) is 0.511. The minimum absolute atomic E-state index is 0.113. The maximum Gasteiger partial charge on any atom is 0.407 e. The van der Waals surface area contributed by atoms with Crippen molar-refractivity contribution in [3.63, 3.8) is 0 Å². The van der Waals surface area contributed by atoms with Crippen LogP contribution in [0.1, 0.15) is 36.1 Å². The van der Waals surface area contributed by atoms with Gasteiger partial charge in [-0.25, -0.2) is 4.79 Å². The predicted molar refractivity (Wildman–Crippen MR) is 116 cm³/mol. The van der Waals surface area contributed by atoms with E-state index in [1.54, 1.807) is 7.11 Å². The van der Waals surface area contributed by atoms with Crippen LogP contribution >= 0.6 is 0 Å². The van der Waals surface area contributed by atoms with E-state index in [0.29, 0.717) is 13.2 Å². The Morgan fingerprint density at radius 2 is 1.97 bits per heavy atom. The van der Waals surface area contributed by atoms with Crippen LogP contribution < -0.4 is 5.32 Å². The fourth-order valence-electron chi connectivity index (χ4n) is 3.57. The molecule has 0 radical (unpaired) electrons. The number of carbonyl (C=O) groups is 1. The standard InChI is InChI=1S/C24H29N3O3/c1-29-15-5-14-27-23-16-19(17-25-24(28)30-20-10-11-20)8-12-21(23)22(26-27)13-9-18-6-3-2-4-7-18/h2-4,6-8,12,16,20H,5,9-11,13-15,17H2,1H3,(H,25,28). The highest BCUT2D eigenvalue weighted by Crippen LogP contribution is 2.24. The lowest BCUT2D eigenvalue weighted by Gasteiger charge is -2.07. The van der Waals surface area contributed by atoms with Crippen molar-refractivity contribution < 1.29 is 14.3 Å². The largest absolute Gasteiger partial charge is 0.446 e. The third-order valence-electron chi connectivity index (χ3n) is 5.34. The Kier molecular flexibility index (Phi) is 6.64. The van der Waals surface area contributed by atoms with Crippen LogP contribution in [0.5, 0.6) is 0 Å². The van der Waals surface area contributed by atoms with Gasteiger partial charge in [0.15, 0.2) is 0 Å². The second-order valence-electron chi connectivity index (χ2n) is 7.81. The van der Waals surface area contributed by atoms with Crippen molar-refractivity contribution in [2.75, 3.05) is 13.7 Å². The van der Waals surface area contributed by atoms with Gasteiger partial charge in [-0.15, -0.1) is 0 Å². The third kappa shape index (κ3) is 5.39. The van der Waals surface area contributed by atoms with E-state index >= 15 is 0 Å². The van der Waals surface area contributed by atoms with Crippen molar-refractivity contribution >= 4 is 17.0 Å². The molecule has 1 N–H and O–H groups in total. The first-order chi connectivity index (χ1) is 14.7. The van der Waals surface area contributed by atoms with Crippen LogP contribution in [0.4, 0.5) is 4.79 Å². The molecular formula is C24H29N3O3. The van der Waals surface area contributed by atoms with Crippen molar-refractivity contribution in [3.05, 3.63) is 65.4 Å². The van der Waals surface area contributed by atoms with Crippen molar-refractivity contribution in [1.82, 2.24) is 15.1 Å². The number of benzene rings is 2. The number of aromatic nitrogens is 2. The zero-order valence-electron chi connectivity index (χ0n) is 17.5. The topological polar surface area (TPSA) is 65.4 Å². The predicted octanol–water partition coefficient (Wildman–Crippen LogP) is 4.25. The Labute approximate surface area is 177 Å². The molecule has 1 aliphatic rings. The Balaban J connectivity index is 1.49. The Morgan fingerprint density at radius 1 is 1.13 bits per heavy atom. The summed E-state index contributed by atoms with van der Waals surface area (Å²) in [6.07, 6.45) is 4.49. The van der Waals surface area contributed by atoms with E-state index in [0.717, 1.165) is 55.4 Å². The second kappa shape index (κ2) is 9.76. The van der Waals surface area contributed by atoms with Crippen LogP contribution in [0.15, 0.2) is 48.5 Å². The molecule has 1 saturated carbocycles. The first kappa shape index (κ1) is 20.4. The molecule has 1 aromatic heterocycles. The van der Waals surface area contributed by atoms with Gasteiger partial charge in [0.2, 0.25) is 0 Å². The van der Waals surface area contributed by atoms with E-state index in [-0.39, 0.29) is 12.2 Å². The summed E-state index contributed by atoms with van der Waals surface area (Å²) >= 11 is 0. The molecule has 0 unspecified atom stereocenters. The summed E-state index contributed by atoms with van der Waals surface area (Å²) < 4.78 is 12.5. The summed E-state index contributed by atoms with van der Waals surface area (Å²) in [5.74, 6) is 0. The molecule has 30 heavy (non-hydrogen) atoms. The average Bonchev–Trinajstić information content (AvgIpc) is 3.52. The molecule has 158 valence electrons. The van der Waals surface area contributed by atoms with E-state index < -0.39 is 0 Å². The summed E-state index contributed by atoms with van der Waals surface area (Å²) in [7, 11) is 1.72. The van der Waals surface area contributed by atoms with Gasteiger partial charge in [0.25, 0.3) is 0 Å². The van der Waals surface area contributed by atoms with Crippen molar-refractivity contribution in [3.8, 4) is 0 Å². The number of hydrogen-bond acceptors (Lipinski definition) is 4. The summed E-state index contributed by atoms with van der Waals surface area (Å²) in [4.78, 5) is 11.8. The molecule has 0 atom stereocenters. The van der Waals surface area contributed by atoms with Crippen LogP contribution in [0.2, 0.25) is 0 Å². The maximum absolute atomic E-state index is 11.8. The van der Waals surface area contributed by atoms with Gasteiger partial charge < -0.3 is 14.8 Å². The summed E-state index contributed by atoms with van der Waals surface area (Å²) in [6.45, 7) is 1.95. The Bertz CT molecular complexity index is 980. The number of methoxy groups -OCH3 is 1. The first-order valence-electron chi connectivity index (χ1n) is 10.7. The van der Waals surface area contributed by atoms with Crippen LogP contribution in [-0.4, -0.2) is 35.7 Å². The maximum atomic E-state index is 11.8. The highest BCUT2D eigenvalue weighted by atomic mass is 16.6. The lowest BCUT2D eigenvalue weighted by atomic mass is 10.0. The fraction of sp³-hybridized carbons (Fsp3) is 0.417. The number of amides is 1. The zero-order valence-corrected chi connectivity index (χ0v) is 17.5. The Morgan fingerprint density at radius 3 is 2.73 bits per heavy atom. The molecule has 0 spiro atoms. The van der Waals surface area contributed by atoms with Gasteiger partial charge in [0.1, 0.15) is 6.10 Å². The number of nitrogens with one attached hydrogen (secondary N) is 1. The first-order valence-corrected chi connectivity index (χ1v) is 10.7. The van der Waals surface area contributed by atoms with Crippen molar-refractivity contribution in [1.29, 1.82) is 0 Å². The molecule has 0 aliphatic heterocycles. The molecule has 0 saturated heterocycles. The van der Waals surface area contributed by atoms with Crippen molar-refractivity contribution in [2.24, 2.45) is 0 Å². The highest BCUT2D eigenvalue weighted by molar-refractivity contribution is 5.83. The molecule has 1 aliphatic carbocycles. The molecule has 6 heteroatoms. The Hall–Kier alpha value is -2.86. The molecular weight excluding hydrogens is 378 g/mol. The zero-order chi connectivity index (χ0) is 20.8. The molecule has 1 heterocycles. The van der Waals surface area contributed by atoms with E-state index in [1.807, 2.05) is 6.07 Å². The molecule has 0 bridgehead atoms. The second-order valence-corrected chi connectivity index (χ2v) is 7.81. The number of aryl methyl sites for hydroxylation is 3. The van der Waals surface area contributed by atoms with Gasteiger partial charge in [-0.2, -0.15) is 5.10 Å². The van der Waals surface area contributed by atoms with E-state index in [1.165, 1.54) is 10.9 Å². The number of alkyl carbamates (subject to hydrolysis) is 1. The fourth-order valence-corrected chi connectivity index (χ4v) is 3.57. The van der Waals surface area contributed by atoms with E-state index in [2.05, 4.69) is 52.5 Å². The van der Waals surface area contributed by atoms with Gasteiger partial charge in [-0.1, -0.05) is 42.5 Å². The SMILES string of the molecule is COCCCn1nc(CCc2ccccc2)c2ccc(CNC(=O)OC3CC3)cc21. The van der Waals surface area contributed by atoms with E-state index in [4.69, 9.17) is 14.6 Å². The summed E-state index contributed by atoms with van der Waals surface area (Å²) in [5.41, 5.74) is 4.57. The van der Waals surface area contributed by atoms with Gasteiger partial charge in [0.05, 0.1) is 11.2 Å². The van der Waals surface area contributed by atoms with Crippen LogP contribution in [0, 0.1) is 0 Å². The molecule has 3 aromatic rings. The summed E-state index contributed by atoms with van der Waals surface area (Å²) in [6, 6.07) is 16.8. The van der Waals surface area contributed by atoms with Gasteiger partial charge >= 0.3 is 6.09 Å². The lowest BCUT2D eigenvalue weighted by molar-refractivity contribution is 0.138. The molecule has 6 nitrogen and oxygen atoms in total. The molecule has 1 fully saturated rings. The number of fused-ring (bicyclic) bond motifs is 1. The third-order valence-corrected chi connectivity index (χ3v) is 5.34. The number of rotatable bonds is 10. The van der Waals surface area contributed by atoms with Gasteiger partial charge in [0, 0.05) is 32.2 Å². The minimum Gasteiger partial charge on any atom is -0.446 e. The lowest BCUT2D eigenvalue weighted by Crippen LogP contribution is -2.24. The van der Waals surface area contributed by atoms with Crippen molar-refractivity contribution in [2.45, 2.75) is 51.3 Å².